The number of amides is 2. The van der Waals surface area contributed by atoms with Gasteiger partial charge in [-0.15, -0.1) is 0 Å². The molecule has 1 saturated heterocycles. The Morgan fingerprint density at radius 3 is 2.61 bits per heavy atom. The number of benzene rings is 2. The van der Waals surface area contributed by atoms with Gasteiger partial charge in [0.25, 0.3) is 5.91 Å². The molecule has 1 aromatic heterocycles. The van der Waals surface area contributed by atoms with Gasteiger partial charge in [0.15, 0.2) is 0 Å². The van der Waals surface area contributed by atoms with E-state index in [1.54, 1.807) is 23.1 Å². The molecule has 2 amide bonds. The third kappa shape index (κ3) is 4.60. The fourth-order valence-electron chi connectivity index (χ4n) is 3.63. The number of hydrogen-bond acceptors (Lipinski definition) is 5. The van der Waals surface area contributed by atoms with Crippen LogP contribution >= 0.6 is 0 Å². The molecule has 0 radical (unpaired) electrons. The number of anilines is 1. The zero-order valence-electron chi connectivity index (χ0n) is 17.7. The van der Waals surface area contributed by atoms with Crippen LogP contribution in [0.1, 0.15) is 45.8 Å². The van der Waals surface area contributed by atoms with Crippen molar-refractivity contribution < 1.29 is 18.8 Å². The third-order valence-electron chi connectivity index (χ3n) is 5.46. The Hall–Kier alpha value is -3.61. The number of carbonyl (C=O) groups excluding carboxylic acids is 2. The van der Waals surface area contributed by atoms with Crippen molar-refractivity contribution in [2.24, 2.45) is 0 Å². The van der Waals surface area contributed by atoms with Crippen LogP contribution in [0.25, 0.3) is 0 Å². The zero-order valence-corrected chi connectivity index (χ0v) is 17.7. The van der Waals surface area contributed by atoms with Crippen LogP contribution in [0.3, 0.4) is 0 Å². The van der Waals surface area contributed by atoms with E-state index in [2.05, 4.69) is 10.5 Å². The Morgan fingerprint density at radius 2 is 1.94 bits per heavy atom. The molecule has 7 nitrogen and oxygen atoms in total. The van der Waals surface area contributed by atoms with Gasteiger partial charge in [-0.1, -0.05) is 29.4 Å². The summed E-state index contributed by atoms with van der Waals surface area (Å²) in [5.74, 6) is 1.16. The highest BCUT2D eigenvalue weighted by Gasteiger charge is 2.21. The maximum absolute atomic E-state index is 12.8. The van der Waals surface area contributed by atoms with Gasteiger partial charge in [-0.3, -0.25) is 9.59 Å². The van der Waals surface area contributed by atoms with Crippen LogP contribution in [0.4, 0.5) is 5.69 Å². The van der Waals surface area contributed by atoms with Crippen LogP contribution in [-0.4, -0.2) is 23.5 Å². The molecule has 0 aliphatic carbocycles. The predicted octanol–water partition coefficient (Wildman–Crippen LogP) is 3.93. The first-order valence-electron chi connectivity index (χ1n) is 10.3. The lowest BCUT2D eigenvalue weighted by Crippen LogP contribution is -2.24. The van der Waals surface area contributed by atoms with Crippen LogP contribution in [0.5, 0.6) is 5.75 Å². The summed E-state index contributed by atoms with van der Waals surface area (Å²) in [7, 11) is 0. The molecular formula is C24H25N3O4. The van der Waals surface area contributed by atoms with E-state index in [4.69, 9.17) is 9.26 Å². The molecule has 0 bridgehead atoms. The monoisotopic (exact) mass is 419 g/mol. The molecule has 2 heterocycles. The average molecular weight is 419 g/mol. The number of nitrogens with one attached hydrogen (secondary N) is 1. The van der Waals surface area contributed by atoms with Gasteiger partial charge in [0.1, 0.15) is 18.1 Å². The summed E-state index contributed by atoms with van der Waals surface area (Å²) in [5.41, 5.74) is 3.98. The molecule has 1 fully saturated rings. The van der Waals surface area contributed by atoms with Gasteiger partial charge >= 0.3 is 0 Å². The van der Waals surface area contributed by atoms with Crippen molar-refractivity contribution in [3.05, 3.63) is 76.7 Å². The molecule has 31 heavy (non-hydrogen) atoms. The molecule has 4 rings (SSSR count). The van der Waals surface area contributed by atoms with E-state index in [0.717, 1.165) is 35.5 Å². The van der Waals surface area contributed by atoms with Gasteiger partial charge in [-0.05, 0) is 50.1 Å². The predicted molar refractivity (Wildman–Crippen MR) is 116 cm³/mol. The van der Waals surface area contributed by atoms with E-state index in [-0.39, 0.29) is 18.4 Å². The maximum atomic E-state index is 12.8. The highest BCUT2D eigenvalue weighted by molar-refractivity contribution is 5.97. The van der Waals surface area contributed by atoms with Gasteiger partial charge in [-0.25, -0.2) is 0 Å². The normalized spacial score (nSPS) is 13.5. The Labute approximate surface area is 181 Å². The lowest BCUT2D eigenvalue weighted by atomic mass is 10.1. The van der Waals surface area contributed by atoms with Crippen molar-refractivity contribution in [1.82, 2.24) is 10.5 Å². The van der Waals surface area contributed by atoms with Crippen molar-refractivity contribution in [3.63, 3.8) is 0 Å². The van der Waals surface area contributed by atoms with E-state index < -0.39 is 0 Å². The largest absolute Gasteiger partial charge is 0.488 e. The Bertz CT molecular complexity index is 1070. The van der Waals surface area contributed by atoms with E-state index in [0.29, 0.717) is 30.0 Å². The van der Waals surface area contributed by atoms with E-state index in [9.17, 15) is 9.59 Å². The molecule has 0 saturated carbocycles. The minimum Gasteiger partial charge on any atom is -0.488 e. The van der Waals surface area contributed by atoms with Crippen LogP contribution in [-0.2, 0) is 17.9 Å². The number of para-hydroxylation sites is 1. The number of ether oxygens (including phenoxy) is 1. The Morgan fingerprint density at radius 1 is 1.16 bits per heavy atom. The molecule has 7 heteroatoms. The summed E-state index contributed by atoms with van der Waals surface area (Å²) in [6.45, 7) is 5.12. The molecule has 1 aliphatic rings. The lowest BCUT2D eigenvalue weighted by Gasteiger charge is -2.16. The van der Waals surface area contributed by atoms with Crippen molar-refractivity contribution in [3.8, 4) is 5.75 Å². The van der Waals surface area contributed by atoms with Gasteiger partial charge < -0.3 is 19.5 Å². The lowest BCUT2D eigenvalue weighted by molar-refractivity contribution is -0.117. The quantitative estimate of drug-likeness (QED) is 0.627. The van der Waals surface area contributed by atoms with Crippen LogP contribution in [0.2, 0.25) is 0 Å². The third-order valence-corrected chi connectivity index (χ3v) is 5.46. The van der Waals surface area contributed by atoms with Gasteiger partial charge in [0, 0.05) is 25.2 Å². The summed E-state index contributed by atoms with van der Waals surface area (Å²) in [4.78, 5) is 26.5. The number of rotatable bonds is 7. The maximum Gasteiger partial charge on any atom is 0.255 e. The second kappa shape index (κ2) is 9.04. The summed E-state index contributed by atoms with van der Waals surface area (Å²) < 4.78 is 11.1. The zero-order chi connectivity index (χ0) is 21.8. The molecule has 1 N–H and O–H groups in total. The summed E-state index contributed by atoms with van der Waals surface area (Å²) in [6.07, 6.45) is 1.50. The SMILES string of the molecule is Cc1noc(C)c1COc1ccccc1C(=O)NCc1ccc(N2CCCC2=O)cc1. The van der Waals surface area contributed by atoms with Crippen molar-refractivity contribution in [2.45, 2.75) is 39.8 Å². The smallest absolute Gasteiger partial charge is 0.255 e. The van der Waals surface area contributed by atoms with Crippen molar-refractivity contribution >= 4 is 17.5 Å². The fourth-order valence-corrected chi connectivity index (χ4v) is 3.63. The standard InChI is InChI=1S/C24H25N3O4/c1-16-21(17(2)31-26-16)15-30-22-7-4-3-6-20(22)24(29)25-14-18-9-11-19(12-10-18)27-13-5-8-23(27)28/h3-4,6-7,9-12H,5,8,13-15H2,1-2H3,(H,25,29). The Balaban J connectivity index is 1.38. The minimum absolute atomic E-state index is 0.161. The van der Waals surface area contributed by atoms with Gasteiger partial charge in [0.05, 0.1) is 16.8 Å². The second-order valence-electron chi connectivity index (χ2n) is 7.59. The highest BCUT2D eigenvalue weighted by Crippen LogP contribution is 2.23. The van der Waals surface area contributed by atoms with Crippen LogP contribution in [0, 0.1) is 13.8 Å². The number of nitrogens with zero attached hydrogens (tertiary/aromatic N) is 2. The number of aromatic nitrogens is 1. The molecule has 1 aliphatic heterocycles. The van der Waals surface area contributed by atoms with Gasteiger partial charge in [0.2, 0.25) is 5.91 Å². The fraction of sp³-hybridized carbons (Fsp3) is 0.292. The van der Waals surface area contributed by atoms with Crippen LogP contribution < -0.4 is 15.0 Å². The summed E-state index contributed by atoms with van der Waals surface area (Å²) >= 11 is 0. The van der Waals surface area contributed by atoms with Crippen molar-refractivity contribution in [1.29, 1.82) is 0 Å². The highest BCUT2D eigenvalue weighted by atomic mass is 16.5. The first kappa shape index (κ1) is 20.7. The molecule has 0 unspecified atom stereocenters. The first-order chi connectivity index (χ1) is 15.0. The van der Waals surface area contributed by atoms with Gasteiger partial charge in [-0.2, -0.15) is 0 Å². The second-order valence-corrected chi connectivity index (χ2v) is 7.59. The molecule has 3 aromatic rings. The first-order valence-corrected chi connectivity index (χ1v) is 10.3. The minimum atomic E-state index is -0.215. The number of aryl methyl sites for hydroxylation is 2. The topological polar surface area (TPSA) is 84.7 Å². The van der Waals surface area contributed by atoms with E-state index >= 15 is 0 Å². The molecule has 160 valence electrons. The molecule has 0 atom stereocenters. The number of carbonyl (C=O) groups is 2. The Kier molecular flexibility index (Phi) is 6.02. The summed E-state index contributed by atoms with van der Waals surface area (Å²) in [5, 5.41) is 6.87. The average Bonchev–Trinajstić information content (AvgIpc) is 3.36. The van der Waals surface area contributed by atoms with E-state index in [1.165, 1.54) is 0 Å². The number of hydrogen-bond donors (Lipinski definition) is 1. The molecule has 0 spiro atoms. The summed E-state index contributed by atoms with van der Waals surface area (Å²) in [6, 6.07) is 14.9. The molecule has 2 aromatic carbocycles. The van der Waals surface area contributed by atoms with Crippen molar-refractivity contribution in [2.75, 3.05) is 11.4 Å². The van der Waals surface area contributed by atoms with Crippen LogP contribution in [0.15, 0.2) is 53.1 Å². The molecular weight excluding hydrogens is 394 g/mol. The van der Waals surface area contributed by atoms with E-state index in [1.807, 2.05) is 44.2 Å².